The van der Waals surface area contributed by atoms with Crippen molar-refractivity contribution in [3.8, 4) is 22.3 Å². The number of rotatable bonds is 12. The molecule has 0 N–H and O–H groups in total. The molecule has 2 unspecified atom stereocenters. The minimum absolute atomic E-state index is 0.0142. The summed E-state index contributed by atoms with van der Waals surface area (Å²) in [5.41, 5.74) is 17.9. The van der Waals surface area contributed by atoms with Crippen molar-refractivity contribution in [2.45, 2.75) is 93.3 Å². The average molecular weight is 833 g/mol. The standard InChI is InChI=1S/C58H60N2O3/c1-35-25-36(2)28-45(27-35)53(23-21-51-55(43-17-13-11-14-18-43)47-31-39(5)41(7)33-49(47)57(61)59(51)9)63-54(46-29-37(3)26-38(4)30-46)24-22-52-56(44-19-15-12-16-20-44)48-32-40(6)42(8)34-50(48)58(62)60(52)10/h11-20,25-34,53-54H,21-24H2,1-10H3. The average Bonchev–Trinajstić information content (AvgIpc) is 3.25. The van der Waals surface area contributed by atoms with E-state index in [9.17, 15) is 9.59 Å². The smallest absolute Gasteiger partial charge is 0.258 e. The van der Waals surface area contributed by atoms with E-state index in [0.717, 1.165) is 88.6 Å². The first-order chi connectivity index (χ1) is 30.2. The summed E-state index contributed by atoms with van der Waals surface area (Å²) in [6, 6.07) is 42.9. The first-order valence-electron chi connectivity index (χ1n) is 22.4. The molecule has 5 heteroatoms. The molecule has 320 valence electrons. The predicted molar refractivity (Wildman–Crippen MR) is 263 cm³/mol. The Morgan fingerprint density at radius 2 is 0.746 bits per heavy atom. The predicted octanol–water partition coefficient (Wildman–Crippen LogP) is 13.3. The molecule has 2 atom stereocenters. The Kier molecular flexibility index (Phi) is 12.3. The van der Waals surface area contributed by atoms with E-state index in [4.69, 9.17) is 4.74 Å². The van der Waals surface area contributed by atoms with Gasteiger partial charge in [-0.1, -0.05) is 131 Å². The number of nitrogens with zero attached hydrogens (tertiary/aromatic N) is 2. The quantitative estimate of drug-likeness (QED) is 0.123. The first-order valence-corrected chi connectivity index (χ1v) is 22.4. The van der Waals surface area contributed by atoms with Gasteiger partial charge in [0.2, 0.25) is 0 Å². The van der Waals surface area contributed by atoms with Crippen LogP contribution < -0.4 is 11.1 Å². The largest absolute Gasteiger partial charge is 0.366 e. The van der Waals surface area contributed by atoms with E-state index in [1.165, 1.54) is 22.3 Å². The molecule has 0 aliphatic heterocycles. The molecule has 5 nitrogen and oxygen atoms in total. The number of benzene rings is 6. The maximum absolute atomic E-state index is 14.3. The van der Waals surface area contributed by atoms with Gasteiger partial charge in [0.05, 0.1) is 12.2 Å². The summed E-state index contributed by atoms with van der Waals surface area (Å²) in [7, 11) is 3.84. The number of aryl methyl sites for hydroxylation is 8. The zero-order valence-corrected chi connectivity index (χ0v) is 38.6. The summed E-state index contributed by atoms with van der Waals surface area (Å²) in [6.45, 7) is 17.0. The summed E-state index contributed by atoms with van der Waals surface area (Å²) in [6.07, 6.45) is 1.93. The van der Waals surface area contributed by atoms with Crippen LogP contribution in [0.2, 0.25) is 0 Å². The molecule has 0 amide bonds. The van der Waals surface area contributed by atoms with E-state index in [1.54, 1.807) is 0 Å². The van der Waals surface area contributed by atoms with Crippen molar-refractivity contribution in [3.63, 3.8) is 0 Å². The highest BCUT2D eigenvalue weighted by Gasteiger charge is 2.26. The van der Waals surface area contributed by atoms with E-state index in [2.05, 4.69) is 165 Å². The van der Waals surface area contributed by atoms with Crippen molar-refractivity contribution in [2.75, 3.05) is 0 Å². The maximum Gasteiger partial charge on any atom is 0.258 e. The van der Waals surface area contributed by atoms with E-state index in [1.807, 2.05) is 35.4 Å². The maximum atomic E-state index is 14.3. The van der Waals surface area contributed by atoms with Crippen molar-refractivity contribution < 1.29 is 4.74 Å². The second kappa shape index (κ2) is 17.8. The Morgan fingerprint density at radius 1 is 0.429 bits per heavy atom. The molecule has 0 saturated heterocycles. The molecular formula is C58H60N2O3. The fourth-order valence-electron chi connectivity index (χ4n) is 9.84. The van der Waals surface area contributed by atoms with E-state index < -0.39 is 0 Å². The van der Waals surface area contributed by atoms with Gasteiger partial charge < -0.3 is 13.9 Å². The van der Waals surface area contributed by atoms with E-state index >= 15 is 0 Å². The highest BCUT2D eigenvalue weighted by molar-refractivity contribution is 5.99. The van der Waals surface area contributed by atoms with Crippen LogP contribution in [0.5, 0.6) is 0 Å². The Labute approximate surface area is 372 Å². The number of hydrogen-bond donors (Lipinski definition) is 0. The van der Waals surface area contributed by atoms with Crippen molar-refractivity contribution in [2.24, 2.45) is 14.1 Å². The normalized spacial score (nSPS) is 12.6. The zero-order valence-electron chi connectivity index (χ0n) is 38.6. The van der Waals surface area contributed by atoms with Gasteiger partial charge in [0.15, 0.2) is 0 Å². The van der Waals surface area contributed by atoms with E-state index in [-0.39, 0.29) is 23.3 Å². The molecule has 0 saturated carbocycles. The lowest BCUT2D eigenvalue weighted by Gasteiger charge is -2.29. The highest BCUT2D eigenvalue weighted by Crippen LogP contribution is 2.39. The van der Waals surface area contributed by atoms with Crippen LogP contribution in [0.3, 0.4) is 0 Å². The van der Waals surface area contributed by atoms with Crippen LogP contribution in [-0.2, 0) is 31.7 Å². The lowest BCUT2D eigenvalue weighted by Crippen LogP contribution is -2.24. The summed E-state index contributed by atoms with van der Waals surface area (Å²) in [4.78, 5) is 28.5. The number of hydrogen-bond acceptors (Lipinski definition) is 3. The third-order valence-electron chi connectivity index (χ3n) is 13.2. The van der Waals surface area contributed by atoms with Gasteiger partial charge >= 0.3 is 0 Å². The summed E-state index contributed by atoms with van der Waals surface area (Å²) < 4.78 is 11.3. The summed E-state index contributed by atoms with van der Waals surface area (Å²) >= 11 is 0. The molecule has 0 fully saturated rings. The van der Waals surface area contributed by atoms with Crippen LogP contribution in [0, 0.1) is 55.4 Å². The fourth-order valence-corrected chi connectivity index (χ4v) is 9.84. The number of aromatic nitrogens is 2. The van der Waals surface area contributed by atoms with Gasteiger partial charge in [-0.05, 0) is 148 Å². The third kappa shape index (κ3) is 8.72. The Balaban J connectivity index is 1.26. The lowest BCUT2D eigenvalue weighted by atomic mass is 9.90. The van der Waals surface area contributed by atoms with Crippen molar-refractivity contribution in [1.82, 2.24) is 9.13 Å². The molecule has 2 aromatic heterocycles. The Hall–Kier alpha value is -6.30. The minimum atomic E-state index is -0.303. The van der Waals surface area contributed by atoms with Gasteiger partial charge in [-0.3, -0.25) is 9.59 Å². The van der Waals surface area contributed by atoms with Crippen molar-refractivity contribution in [1.29, 1.82) is 0 Å². The van der Waals surface area contributed by atoms with Crippen LogP contribution in [0.25, 0.3) is 43.8 Å². The molecule has 8 rings (SSSR count). The van der Waals surface area contributed by atoms with Crippen LogP contribution in [0.15, 0.2) is 131 Å². The van der Waals surface area contributed by atoms with Crippen molar-refractivity contribution in [3.05, 3.63) is 209 Å². The van der Waals surface area contributed by atoms with Crippen molar-refractivity contribution >= 4 is 21.5 Å². The Bertz CT molecular complexity index is 2890. The van der Waals surface area contributed by atoms with Crippen LogP contribution in [-0.4, -0.2) is 9.13 Å². The fraction of sp³-hybridized carbons (Fsp3) is 0.276. The van der Waals surface area contributed by atoms with E-state index in [0.29, 0.717) is 25.7 Å². The zero-order chi connectivity index (χ0) is 44.7. The SMILES string of the molecule is Cc1cc(C)cc(C(CCc2c(-c3ccccc3)c3cc(C)c(C)cc3c(=O)n2C)OC(CCc2c(-c3ccccc3)c3cc(C)c(C)cc3c(=O)n2C)c2cc(C)cc(C)c2)c1. The van der Waals surface area contributed by atoms with Gasteiger partial charge in [-0.25, -0.2) is 0 Å². The van der Waals surface area contributed by atoms with Gasteiger partial charge in [0, 0.05) is 47.4 Å². The summed E-state index contributed by atoms with van der Waals surface area (Å²) in [5, 5.41) is 3.45. The van der Waals surface area contributed by atoms with Crippen LogP contribution in [0.4, 0.5) is 0 Å². The molecule has 0 aliphatic rings. The molecule has 0 aliphatic carbocycles. The number of fused-ring (bicyclic) bond motifs is 2. The molecule has 0 radical (unpaired) electrons. The topological polar surface area (TPSA) is 53.2 Å². The molecule has 0 bridgehead atoms. The van der Waals surface area contributed by atoms with Gasteiger partial charge in [-0.2, -0.15) is 0 Å². The third-order valence-corrected chi connectivity index (χ3v) is 13.2. The van der Waals surface area contributed by atoms with Gasteiger partial charge in [-0.15, -0.1) is 0 Å². The molecule has 63 heavy (non-hydrogen) atoms. The molecule has 6 aromatic carbocycles. The van der Waals surface area contributed by atoms with Gasteiger partial charge in [0.25, 0.3) is 11.1 Å². The van der Waals surface area contributed by atoms with Crippen LogP contribution in [0.1, 0.15) is 92.1 Å². The monoisotopic (exact) mass is 832 g/mol. The molecule has 0 spiro atoms. The second-order valence-electron chi connectivity index (χ2n) is 18.1. The molecule has 8 aromatic rings. The minimum Gasteiger partial charge on any atom is -0.366 e. The molecule has 2 heterocycles. The Morgan fingerprint density at radius 3 is 1.08 bits per heavy atom. The summed E-state index contributed by atoms with van der Waals surface area (Å²) in [5.74, 6) is 0. The molecular weight excluding hydrogens is 773 g/mol. The second-order valence-corrected chi connectivity index (χ2v) is 18.1. The highest BCUT2D eigenvalue weighted by atomic mass is 16.5. The lowest BCUT2D eigenvalue weighted by molar-refractivity contribution is -0.0241. The van der Waals surface area contributed by atoms with Gasteiger partial charge in [0.1, 0.15) is 0 Å². The first kappa shape index (κ1) is 43.4. The number of ether oxygens (including phenoxy) is 1. The number of pyridine rings is 2. The van der Waals surface area contributed by atoms with Crippen LogP contribution >= 0.6 is 0 Å².